The number of phenolic OH excluding ortho intramolecular Hbond substituents is 1. The molecule has 0 spiro atoms. The van der Waals surface area contributed by atoms with Crippen molar-refractivity contribution in [2.24, 2.45) is 0 Å². The largest absolute Gasteiger partial charge is 0.507 e. The lowest BCUT2D eigenvalue weighted by Gasteiger charge is -2.06. The molecule has 1 aromatic heterocycles. The molecule has 4 nitrogen and oxygen atoms in total. The van der Waals surface area contributed by atoms with Crippen molar-refractivity contribution >= 4 is 17.2 Å². The second kappa shape index (κ2) is 5.79. The van der Waals surface area contributed by atoms with Crippen molar-refractivity contribution in [2.45, 2.75) is 19.9 Å². The van der Waals surface area contributed by atoms with Crippen LogP contribution in [-0.4, -0.2) is 16.0 Å². The Labute approximate surface area is 113 Å². The van der Waals surface area contributed by atoms with Crippen molar-refractivity contribution in [1.29, 1.82) is 0 Å². The summed E-state index contributed by atoms with van der Waals surface area (Å²) in [5.74, 6) is -1.76. The molecule has 0 aliphatic heterocycles. The molecule has 19 heavy (non-hydrogen) atoms. The number of nitrogens with one attached hydrogen (secondary N) is 1. The molecule has 0 bridgehead atoms. The smallest absolute Gasteiger partial charge is 0.258 e. The molecule has 1 aromatic carbocycles. The van der Waals surface area contributed by atoms with Crippen LogP contribution in [0.5, 0.6) is 5.75 Å². The van der Waals surface area contributed by atoms with Crippen molar-refractivity contribution < 1.29 is 14.3 Å². The molecule has 0 saturated heterocycles. The number of amides is 1. The van der Waals surface area contributed by atoms with Crippen LogP contribution in [0.25, 0.3) is 0 Å². The molecule has 0 fully saturated rings. The third kappa shape index (κ3) is 3.08. The van der Waals surface area contributed by atoms with E-state index in [1.165, 1.54) is 23.5 Å². The Kier molecular flexibility index (Phi) is 4.11. The van der Waals surface area contributed by atoms with Gasteiger partial charge in [0.1, 0.15) is 22.1 Å². The van der Waals surface area contributed by atoms with Gasteiger partial charge in [-0.1, -0.05) is 13.0 Å². The van der Waals surface area contributed by atoms with E-state index in [9.17, 15) is 14.3 Å². The molecule has 2 aromatic rings. The lowest BCUT2D eigenvalue weighted by molar-refractivity contribution is 0.0944. The highest BCUT2D eigenvalue weighted by molar-refractivity contribution is 7.11. The van der Waals surface area contributed by atoms with Crippen molar-refractivity contribution in [3.05, 3.63) is 45.7 Å². The molecular weight excluding hydrogens is 267 g/mol. The van der Waals surface area contributed by atoms with Crippen LogP contribution in [0.4, 0.5) is 4.39 Å². The Bertz CT molecular complexity index is 578. The van der Waals surface area contributed by atoms with Crippen molar-refractivity contribution in [3.63, 3.8) is 0 Å². The number of hydrogen-bond acceptors (Lipinski definition) is 4. The average Bonchev–Trinajstić information content (AvgIpc) is 2.84. The Morgan fingerprint density at radius 1 is 1.53 bits per heavy atom. The van der Waals surface area contributed by atoms with Gasteiger partial charge >= 0.3 is 0 Å². The van der Waals surface area contributed by atoms with E-state index in [1.807, 2.05) is 6.92 Å². The zero-order valence-electron chi connectivity index (χ0n) is 10.3. The summed E-state index contributed by atoms with van der Waals surface area (Å²) in [5.41, 5.74) is -0.338. The van der Waals surface area contributed by atoms with Gasteiger partial charge in [-0.15, -0.1) is 11.3 Å². The van der Waals surface area contributed by atoms with E-state index < -0.39 is 11.7 Å². The predicted molar refractivity (Wildman–Crippen MR) is 70.7 cm³/mol. The van der Waals surface area contributed by atoms with Gasteiger partial charge in [0.15, 0.2) is 0 Å². The van der Waals surface area contributed by atoms with Gasteiger partial charge in [-0.3, -0.25) is 4.79 Å². The van der Waals surface area contributed by atoms with E-state index in [1.54, 1.807) is 6.20 Å². The van der Waals surface area contributed by atoms with Gasteiger partial charge in [0, 0.05) is 11.1 Å². The minimum Gasteiger partial charge on any atom is -0.507 e. The van der Waals surface area contributed by atoms with Crippen molar-refractivity contribution in [1.82, 2.24) is 10.3 Å². The first-order chi connectivity index (χ1) is 9.11. The van der Waals surface area contributed by atoms with Gasteiger partial charge in [-0.05, 0) is 18.6 Å². The van der Waals surface area contributed by atoms with Crippen LogP contribution in [0.2, 0.25) is 0 Å². The van der Waals surface area contributed by atoms with E-state index in [2.05, 4.69) is 10.3 Å². The minimum atomic E-state index is -0.745. The summed E-state index contributed by atoms with van der Waals surface area (Å²) < 4.78 is 13.5. The normalized spacial score (nSPS) is 10.4. The number of aryl methyl sites for hydroxylation is 1. The highest BCUT2D eigenvalue weighted by atomic mass is 32.1. The monoisotopic (exact) mass is 280 g/mol. The average molecular weight is 280 g/mol. The molecule has 0 unspecified atom stereocenters. The number of aromatic nitrogens is 1. The van der Waals surface area contributed by atoms with Crippen LogP contribution in [0.15, 0.2) is 24.4 Å². The third-order valence-electron chi connectivity index (χ3n) is 2.57. The van der Waals surface area contributed by atoms with Crippen LogP contribution < -0.4 is 5.32 Å². The van der Waals surface area contributed by atoms with E-state index in [0.717, 1.165) is 22.4 Å². The molecule has 0 aliphatic carbocycles. The molecule has 0 saturated carbocycles. The molecule has 0 aliphatic rings. The molecule has 2 N–H and O–H groups in total. The quantitative estimate of drug-likeness (QED) is 0.904. The number of hydrogen-bond donors (Lipinski definition) is 2. The zero-order valence-corrected chi connectivity index (χ0v) is 11.1. The van der Waals surface area contributed by atoms with Gasteiger partial charge in [-0.25, -0.2) is 9.37 Å². The van der Waals surface area contributed by atoms with Crippen LogP contribution in [-0.2, 0) is 13.0 Å². The number of rotatable bonds is 4. The number of carbonyl (C=O) groups is 1. The van der Waals surface area contributed by atoms with Crippen LogP contribution in [0.3, 0.4) is 0 Å². The van der Waals surface area contributed by atoms with E-state index >= 15 is 0 Å². The molecule has 6 heteroatoms. The first kappa shape index (κ1) is 13.5. The molecule has 1 heterocycles. The minimum absolute atomic E-state index is 0.220. The fourth-order valence-corrected chi connectivity index (χ4v) is 2.38. The summed E-state index contributed by atoms with van der Waals surface area (Å²) >= 11 is 1.50. The summed E-state index contributed by atoms with van der Waals surface area (Å²) in [6.45, 7) is 2.24. The highest BCUT2D eigenvalue weighted by Gasteiger charge is 2.16. The van der Waals surface area contributed by atoms with E-state index in [0.29, 0.717) is 0 Å². The molecule has 0 radical (unpaired) electrons. The van der Waals surface area contributed by atoms with Gasteiger partial charge in [0.25, 0.3) is 5.91 Å². The number of phenols is 1. The number of carbonyl (C=O) groups excluding carboxylic acids is 1. The summed E-state index contributed by atoms with van der Waals surface area (Å²) in [5, 5.41) is 12.8. The number of aromatic hydroxyl groups is 1. The first-order valence-corrected chi connectivity index (χ1v) is 6.62. The second-order valence-corrected chi connectivity index (χ2v) is 5.09. The van der Waals surface area contributed by atoms with Gasteiger partial charge in [-0.2, -0.15) is 0 Å². The van der Waals surface area contributed by atoms with E-state index in [4.69, 9.17) is 0 Å². The summed E-state index contributed by atoms with van der Waals surface area (Å²) in [4.78, 5) is 17.1. The Morgan fingerprint density at radius 2 is 2.32 bits per heavy atom. The number of benzene rings is 1. The maximum absolute atomic E-state index is 13.5. The first-order valence-electron chi connectivity index (χ1n) is 5.81. The van der Waals surface area contributed by atoms with Gasteiger partial charge in [0.05, 0.1) is 6.54 Å². The van der Waals surface area contributed by atoms with Gasteiger partial charge < -0.3 is 10.4 Å². The maximum Gasteiger partial charge on any atom is 0.258 e. The Morgan fingerprint density at radius 3 is 2.95 bits per heavy atom. The number of thiazole rings is 1. The summed E-state index contributed by atoms with van der Waals surface area (Å²) in [6.07, 6.45) is 2.65. The molecule has 2 rings (SSSR count). The molecular formula is C13H13FN2O2S. The van der Waals surface area contributed by atoms with Crippen LogP contribution in [0.1, 0.15) is 27.2 Å². The van der Waals surface area contributed by atoms with Crippen molar-refractivity contribution in [3.8, 4) is 5.75 Å². The fourth-order valence-electron chi connectivity index (χ4n) is 1.58. The lowest BCUT2D eigenvalue weighted by atomic mass is 10.2. The molecule has 100 valence electrons. The zero-order chi connectivity index (χ0) is 13.8. The summed E-state index contributed by atoms with van der Waals surface area (Å²) in [6, 6.07) is 3.75. The Balaban J connectivity index is 2.05. The standard InChI is InChI=1S/C13H13FN2O2S/c1-2-8-6-15-11(19-8)7-16-13(18)12-9(14)4-3-5-10(12)17/h3-6,17H,2,7H2,1H3,(H,16,18). The molecule has 1 amide bonds. The van der Waals surface area contributed by atoms with Crippen LogP contribution >= 0.6 is 11.3 Å². The van der Waals surface area contributed by atoms with Crippen LogP contribution in [0, 0.1) is 5.82 Å². The SMILES string of the molecule is CCc1cnc(CNC(=O)c2c(O)cccc2F)s1. The molecule has 0 atom stereocenters. The predicted octanol–water partition coefficient (Wildman–Crippen LogP) is 2.48. The number of nitrogens with zero attached hydrogens (tertiary/aromatic N) is 1. The van der Waals surface area contributed by atoms with Crippen molar-refractivity contribution in [2.75, 3.05) is 0 Å². The topological polar surface area (TPSA) is 62.2 Å². The number of halogens is 1. The Hall–Kier alpha value is -1.95. The highest BCUT2D eigenvalue weighted by Crippen LogP contribution is 2.20. The van der Waals surface area contributed by atoms with E-state index in [-0.39, 0.29) is 17.9 Å². The summed E-state index contributed by atoms with van der Waals surface area (Å²) in [7, 11) is 0. The second-order valence-electron chi connectivity index (χ2n) is 3.89. The fraction of sp³-hybridized carbons (Fsp3) is 0.231. The maximum atomic E-state index is 13.5. The van der Waals surface area contributed by atoms with Gasteiger partial charge in [0.2, 0.25) is 0 Å². The lowest BCUT2D eigenvalue weighted by Crippen LogP contribution is -2.23. The third-order valence-corrected chi connectivity index (χ3v) is 3.71.